The summed E-state index contributed by atoms with van der Waals surface area (Å²) < 4.78 is 11.8. The lowest BCUT2D eigenvalue weighted by Crippen LogP contribution is -2.57. The molecular formula is C32H36ClN3O5. The molecule has 3 heterocycles. The minimum atomic E-state index is -1.22. The maximum atomic E-state index is 14.3. The van der Waals surface area contributed by atoms with Gasteiger partial charge < -0.3 is 25.0 Å². The molecule has 8 atom stereocenters. The molecule has 2 saturated heterocycles. The first-order chi connectivity index (χ1) is 19.7. The van der Waals surface area contributed by atoms with Gasteiger partial charge in [-0.1, -0.05) is 68.6 Å². The molecule has 2 N–H and O–H groups in total. The zero-order chi connectivity index (χ0) is 28.9. The summed E-state index contributed by atoms with van der Waals surface area (Å²) in [5, 5.41) is 6.70. The van der Waals surface area contributed by atoms with Gasteiger partial charge in [0.2, 0.25) is 17.7 Å². The number of anilines is 1. The molecule has 2 aromatic carbocycles. The van der Waals surface area contributed by atoms with Gasteiger partial charge in [0.25, 0.3) is 0 Å². The van der Waals surface area contributed by atoms with Crippen molar-refractivity contribution >= 4 is 35.0 Å². The van der Waals surface area contributed by atoms with Crippen LogP contribution in [-0.2, 0) is 25.7 Å². The Morgan fingerprint density at radius 2 is 1.90 bits per heavy atom. The fourth-order valence-corrected chi connectivity index (χ4v) is 7.39. The first-order valence-corrected chi connectivity index (χ1v) is 14.8. The third-order valence-corrected chi connectivity index (χ3v) is 9.80. The Morgan fingerprint density at radius 1 is 1.12 bits per heavy atom. The van der Waals surface area contributed by atoms with E-state index in [4.69, 9.17) is 21.1 Å². The second kappa shape index (κ2) is 10.8. The number of likely N-dealkylation sites (tertiary alicyclic amines) is 1. The molecule has 1 spiro atoms. The molecule has 216 valence electrons. The van der Waals surface area contributed by atoms with Crippen molar-refractivity contribution in [3.63, 3.8) is 0 Å². The highest BCUT2D eigenvalue weighted by atomic mass is 35.5. The summed E-state index contributed by atoms with van der Waals surface area (Å²) in [5.41, 5.74) is 0.169. The molecule has 0 aromatic heterocycles. The molecule has 41 heavy (non-hydrogen) atoms. The third-order valence-electron chi connectivity index (χ3n) is 9.56. The molecular weight excluding hydrogens is 542 g/mol. The predicted molar refractivity (Wildman–Crippen MR) is 155 cm³/mol. The Labute approximate surface area is 245 Å². The zero-order valence-electron chi connectivity index (χ0n) is 23.5. The lowest BCUT2D eigenvalue weighted by molar-refractivity contribution is -0.142. The van der Waals surface area contributed by atoms with Gasteiger partial charge in [-0.2, -0.15) is 0 Å². The SMILES string of the molecule is COc1ccc(CN2C(=O)[C@H]3[C@H](C(=O)Nc4cccc(Cl)c4)[C@H]4C=C[C@@]3(O4)[C@@H]2C(=O)N[C@@H]2CCC[C@H](C)[C@@H]2C)cc1. The second-order valence-electron chi connectivity index (χ2n) is 11.9. The standard InChI is InChI=1S/C32H36ClN3O5/c1-18-6-4-9-24(19(18)2)35-30(38)28-32-15-14-25(41-32)26(29(37)34-22-8-5-7-21(33)16-22)27(32)31(39)36(28)17-20-10-12-23(40-3)13-11-20/h5,7-8,10-16,18-19,24-28H,4,6,9,17H2,1-3H3,(H,34,37)(H,35,38)/t18-,19-,24+,25+,26+,27+,28-,32-/m0/s1. The maximum Gasteiger partial charge on any atom is 0.246 e. The molecule has 3 aliphatic heterocycles. The average Bonchev–Trinajstić information content (AvgIpc) is 3.59. The van der Waals surface area contributed by atoms with E-state index in [0.29, 0.717) is 28.3 Å². The molecule has 2 bridgehead atoms. The largest absolute Gasteiger partial charge is 0.497 e. The number of rotatable bonds is 7. The highest BCUT2D eigenvalue weighted by Crippen LogP contribution is 2.55. The van der Waals surface area contributed by atoms with Crippen LogP contribution in [0.15, 0.2) is 60.7 Å². The van der Waals surface area contributed by atoms with E-state index < -0.39 is 29.6 Å². The summed E-state index contributed by atoms with van der Waals surface area (Å²) in [4.78, 5) is 43.7. The van der Waals surface area contributed by atoms with E-state index in [2.05, 4.69) is 24.5 Å². The van der Waals surface area contributed by atoms with Crippen molar-refractivity contribution in [2.45, 2.75) is 63.4 Å². The van der Waals surface area contributed by atoms with Gasteiger partial charge in [0.1, 0.15) is 17.4 Å². The van der Waals surface area contributed by atoms with Crippen LogP contribution >= 0.6 is 11.6 Å². The number of fused-ring (bicyclic) bond motifs is 1. The highest BCUT2D eigenvalue weighted by Gasteiger charge is 2.72. The van der Waals surface area contributed by atoms with Crippen LogP contribution in [0.3, 0.4) is 0 Å². The molecule has 1 aliphatic carbocycles. The number of methoxy groups -OCH3 is 1. The van der Waals surface area contributed by atoms with E-state index in [1.54, 1.807) is 36.3 Å². The van der Waals surface area contributed by atoms with Crippen LogP contribution in [0.5, 0.6) is 5.75 Å². The van der Waals surface area contributed by atoms with Crippen LogP contribution in [0.25, 0.3) is 0 Å². The van der Waals surface area contributed by atoms with Crippen LogP contribution in [0, 0.1) is 23.7 Å². The third kappa shape index (κ3) is 4.81. The van der Waals surface area contributed by atoms with Gasteiger partial charge in [0.05, 0.1) is 25.0 Å². The Morgan fingerprint density at radius 3 is 2.63 bits per heavy atom. The Bertz CT molecular complexity index is 1380. The van der Waals surface area contributed by atoms with E-state index in [1.807, 2.05) is 36.4 Å². The molecule has 0 radical (unpaired) electrons. The van der Waals surface area contributed by atoms with E-state index in [9.17, 15) is 14.4 Å². The number of hydrogen-bond donors (Lipinski definition) is 2. The molecule has 0 unspecified atom stereocenters. The minimum absolute atomic E-state index is 0.0177. The van der Waals surface area contributed by atoms with E-state index in [0.717, 1.165) is 24.8 Å². The summed E-state index contributed by atoms with van der Waals surface area (Å²) >= 11 is 6.13. The molecule has 3 fully saturated rings. The van der Waals surface area contributed by atoms with Gasteiger partial charge in [-0.3, -0.25) is 14.4 Å². The molecule has 3 amide bonds. The van der Waals surface area contributed by atoms with Crippen molar-refractivity contribution < 1.29 is 23.9 Å². The number of carbonyl (C=O) groups excluding carboxylic acids is 3. The Kier molecular flexibility index (Phi) is 7.32. The fourth-order valence-electron chi connectivity index (χ4n) is 7.20. The molecule has 6 rings (SSSR count). The molecule has 8 nitrogen and oxygen atoms in total. The fraction of sp³-hybridized carbons (Fsp3) is 0.469. The van der Waals surface area contributed by atoms with Gasteiger partial charge in [-0.05, 0) is 54.2 Å². The number of halogens is 1. The second-order valence-corrected chi connectivity index (χ2v) is 12.3. The number of nitrogens with one attached hydrogen (secondary N) is 2. The first kappa shape index (κ1) is 27.8. The lowest BCUT2D eigenvalue weighted by atomic mass is 9.73. The highest BCUT2D eigenvalue weighted by molar-refractivity contribution is 6.30. The summed E-state index contributed by atoms with van der Waals surface area (Å²) in [6.45, 7) is 4.61. The maximum absolute atomic E-state index is 14.3. The topological polar surface area (TPSA) is 97.0 Å². The lowest BCUT2D eigenvalue weighted by Gasteiger charge is -2.38. The van der Waals surface area contributed by atoms with Crippen LogP contribution in [-0.4, -0.2) is 53.5 Å². The summed E-state index contributed by atoms with van der Waals surface area (Å²) in [6.07, 6.45) is 6.16. The number of benzene rings is 2. The number of ether oxygens (including phenoxy) is 2. The van der Waals surface area contributed by atoms with Crippen molar-refractivity contribution in [3.05, 3.63) is 71.3 Å². The van der Waals surface area contributed by atoms with Crippen molar-refractivity contribution in [3.8, 4) is 5.75 Å². The van der Waals surface area contributed by atoms with Crippen molar-refractivity contribution in [1.29, 1.82) is 0 Å². The van der Waals surface area contributed by atoms with Gasteiger partial charge >= 0.3 is 0 Å². The average molecular weight is 578 g/mol. The van der Waals surface area contributed by atoms with Crippen LogP contribution in [0.2, 0.25) is 5.02 Å². The molecule has 1 saturated carbocycles. The molecule has 2 aromatic rings. The van der Waals surface area contributed by atoms with E-state index >= 15 is 0 Å². The number of hydrogen-bond acceptors (Lipinski definition) is 5. The Balaban J connectivity index is 1.33. The monoisotopic (exact) mass is 577 g/mol. The molecule has 9 heteroatoms. The number of carbonyl (C=O) groups is 3. The smallest absolute Gasteiger partial charge is 0.246 e. The van der Waals surface area contributed by atoms with Gasteiger partial charge in [-0.25, -0.2) is 0 Å². The minimum Gasteiger partial charge on any atom is -0.497 e. The zero-order valence-corrected chi connectivity index (χ0v) is 24.3. The quantitative estimate of drug-likeness (QED) is 0.470. The van der Waals surface area contributed by atoms with E-state index in [1.165, 1.54) is 0 Å². The number of amides is 3. The van der Waals surface area contributed by atoms with Crippen molar-refractivity contribution in [1.82, 2.24) is 10.2 Å². The summed E-state index contributed by atoms with van der Waals surface area (Å²) in [5.74, 6) is -0.911. The van der Waals surface area contributed by atoms with Crippen LogP contribution in [0.1, 0.15) is 38.7 Å². The van der Waals surface area contributed by atoms with Crippen molar-refractivity contribution in [2.24, 2.45) is 23.7 Å². The van der Waals surface area contributed by atoms with Crippen LogP contribution < -0.4 is 15.4 Å². The van der Waals surface area contributed by atoms with Crippen LogP contribution in [0.4, 0.5) is 5.69 Å². The number of nitrogens with zero attached hydrogens (tertiary/aromatic N) is 1. The predicted octanol–water partition coefficient (Wildman–Crippen LogP) is 4.58. The van der Waals surface area contributed by atoms with Gasteiger partial charge in [-0.15, -0.1) is 0 Å². The summed E-state index contributed by atoms with van der Waals surface area (Å²) in [6, 6.07) is 13.4. The van der Waals surface area contributed by atoms with Gasteiger partial charge in [0.15, 0.2) is 0 Å². The first-order valence-electron chi connectivity index (χ1n) is 14.4. The Hall–Kier alpha value is -3.36. The summed E-state index contributed by atoms with van der Waals surface area (Å²) in [7, 11) is 1.60. The van der Waals surface area contributed by atoms with E-state index in [-0.39, 0.29) is 30.3 Å². The molecule has 4 aliphatic rings. The normalized spacial score (nSPS) is 33.5. The van der Waals surface area contributed by atoms with Crippen molar-refractivity contribution in [2.75, 3.05) is 12.4 Å². The van der Waals surface area contributed by atoms with Gasteiger partial charge in [0, 0.05) is 23.3 Å².